The lowest BCUT2D eigenvalue weighted by Gasteiger charge is -1.98. The van der Waals surface area contributed by atoms with Gasteiger partial charge in [-0.15, -0.1) is 29.3 Å². The number of thiophene rings is 1. The first-order chi connectivity index (χ1) is 10.6. The quantitative estimate of drug-likeness (QED) is 0.762. The molecule has 2 N–H and O–H groups in total. The van der Waals surface area contributed by atoms with Crippen LogP contribution >= 0.6 is 22.7 Å². The van der Waals surface area contributed by atoms with E-state index >= 15 is 0 Å². The van der Waals surface area contributed by atoms with E-state index in [-0.39, 0.29) is 11.8 Å². The lowest BCUT2D eigenvalue weighted by atomic mass is 10.3. The van der Waals surface area contributed by atoms with Crippen LogP contribution in [-0.4, -0.2) is 16.8 Å². The van der Waals surface area contributed by atoms with E-state index in [0.29, 0.717) is 24.5 Å². The van der Waals surface area contributed by atoms with E-state index in [1.807, 2.05) is 17.5 Å². The summed E-state index contributed by atoms with van der Waals surface area (Å²) in [5.74, 6) is -0.105. The Morgan fingerprint density at radius 2 is 2.23 bits per heavy atom. The standard InChI is InChI=1S/C15H17N3O2S2/c1-3-4-5-14(20)18-15-17-12(9-21-15)13-7-6-11(22-13)8-16-10(2)19/h3,6-7,9H,1,4-5,8H2,2H3,(H,16,19)(H,17,18,20). The summed E-state index contributed by atoms with van der Waals surface area (Å²) in [6, 6.07) is 3.94. The second-order valence-electron chi connectivity index (χ2n) is 4.59. The Morgan fingerprint density at radius 1 is 1.41 bits per heavy atom. The van der Waals surface area contributed by atoms with Gasteiger partial charge in [0.15, 0.2) is 5.13 Å². The number of thiazole rings is 1. The fraction of sp³-hybridized carbons (Fsp3) is 0.267. The molecule has 0 aromatic carbocycles. The highest BCUT2D eigenvalue weighted by atomic mass is 32.1. The number of amides is 2. The van der Waals surface area contributed by atoms with Crippen LogP contribution in [0.2, 0.25) is 0 Å². The highest BCUT2D eigenvalue weighted by Gasteiger charge is 2.10. The Hall–Kier alpha value is -1.99. The predicted octanol–water partition coefficient (Wildman–Crippen LogP) is 3.41. The highest BCUT2D eigenvalue weighted by Crippen LogP contribution is 2.30. The van der Waals surface area contributed by atoms with Gasteiger partial charge in [-0.3, -0.25) is 9.59 Å². The van der Waals surface area contributed by atoms with E-state index in [4.69, 9.17) is 0 Å². The number of allylic oxidation sites excluding steroid dienone is 1. The van der Waals surface area contributed by atoms with Crippen molar-refractivity contribution >= 4 is 39.6 Å². The summed E-state index contributed by atoms with van der Waals surface area (Å²) in [6.45, 7) is 5.61. The summed E-state index contributed by atoms with van der Waals surface area (Å²) in [5, 5.41) is 8.06. The molecule has 0 unspecified atom stereocenters. The van der Waals surface area contributed by atoms with Crippen molar-refractivity contribution in [1.82, 2.24) is 10.3 Å². The first-order valence-corrected chi connectivity index (χ1v) is 8.48. The minimum absolute atomic E-state index is 0.0480. The lowest BCUT2D eigenvalue weighted by Crippen LogP contribution is -2.17. The summed E-state index contributed by atoms with van der Waals surface area (Å²) in [7, 11) is 0. The summed E-state index contributed by atoms with van der Waals surface area (Å²) in [5.41, 5.74) is 0.836. The maximum atomic E-state index is 11.6. The van der Waals surface area contributed by atoms with E-state index < -0.39 is 0 Å². The van der Waals surface area contributed by atoms with Crippen LogP contribution in [0.5, 0.6) is 0 Å². The van der Waals surface area contributed by atoms with Gasteiger partial charge in [0.2, 0.25) is 11.8 Å². The van der Waals surface area contributed by atoms with Gasteiger partial charge in [0, 0.05) is 23.6 Å². The fourth-order valence-corrected chi connectivity index (χ4v) is 3.39. The third kappa shape index (κ3) is 4.78. The summed E-state index contributed by atoms with van der Waals surface area (Å²) in [4.78, 5) is 29.1. The minimum atomic E-state index is -0.0571. The number of rotatable bonds is 7. The molecule has 0 aliphatic rings. The number of nitrogens with zero attached hydrogens (tertiary/aromatic N) is 1. The first-order valence-electron chi connectivity index (χ1n) is 6.78. The molecular formula is C15H17N3O2S2. The van der Waals surface area contributed by atoms with Crippen LogP contribution in [-0.2, 0) is 16.1 Å². The van der Waals surface area contributed by atoms with E-state index in [9.17, 15) is 9.59 Å². The molecule has 116 valence electrons. The minimum Gasteiger partial charge on any atom is -0.351 e. The molecule has 2 rings (SSSR count). The smallest absolute Gasteiger partial charge is 0.226 e. The number of aromatic nitrogens is 1. The van der Waals surface area contributed by atoms with Gasteiger partial charge >= 0.3 is 0 Å². The van der Waals surface area contributed by atoms with Crippen LogP contribution in [0.25, 0.3) is 10.6 Å². The topological polar surface area (TPSA) is 71.1 Å². The van der Waals surface area contributed by atoms with Crippen molar-refractivity contribution in [2.45, 2.75) is 26.3 Å². The number of hydrogen-bond acceptors (Lipinski definition) is 5. The van der Waals surface area contributed by atoms with Gasteiger partial charge < -0.3 is 10.6 Å². The van der Waals surface area contributed by atoms with Gasteiger partial charge in [0.1, 0.15) is 0 Å². The largest absolute Gasteiger partial charge is 0.351 e. The molecule has 22 heavy (non-hydrogen) atoms. The molecule has 2 aromatic rings. The molecule has 0 spiro atoms. The van der Waals surface area contributed by atoms with Crippen molar-refractivity contribution in [3.05, 3.63) is 35.0 Å². The van der Waals surface area contributed by atoms with Gasteiger partial charge in [-0.2, -0.15) is 0 Å². The van der Waals surface area contributed by atoms with E-state index in [1.54, 1.807) is 17.4 Å². The zero-order valence-corrected chi connectivity index (χ0v) is 13.9. The van der Waals surface area contributed by atoms with Gasteiger partial charge in [-0.25, -0.2) is 4.98 Å². The Kier molecular flexibility index (Phi) is 5.85. The van der Waals surface area contributed by atoms with Crippen molar-refractivity contribution in [3.63, 3.8) is 0 Å². The number of carbonyl (C=O) groups is 2. The molecule has 0 atom stereocenters. The van der Waals surface area contributed by atoms with Crippen LogP contribution in [0, 0.1) is 0 Å². The van der Waals surface area contributed by atoms with E-state index in [1.165, 1.54) is 18.3 Å². The van der Waals surface area contributed by atoms with E-state index in [0.717, 1.165) is 15.4 Å². The molecule has 0 saturated heterocycles. The average molecular weight is 335 g/mol. The zero-order chi connectivity index (χ0) is 15.9. The number of carbonyl (C=O) groups excluding carboxylic acids is 2. The van der Waals surface area contributed by atoms with Gasteiger partial charge in [0.25, 0.3) is 0 Å². The molecule has 5 nitrogen and oxygen atoms in total. The summed E-state index contributed by atoms with van der Waals surface area (Å²) < 4.78 is 0. The normalized spacial score (nSPS) is 10.2. The molecule has 2 heterocycles. The molecule has 2 amide bonds. The van der Waals surface area contributed by atoms with Crippen LogP contribution in [0.3, 0.4) is 0 Å². The Morgan fingerprint density at radius 3 is 2.95 bits per heavy atom. The first kappa shape index (κ1) is 16.4. The fourth-order valence-electron chi connectivity index (χ4n) is 1.68. The van der Waals surface area contributed by atoms with Crippen LogP contribution in [0.4, 0.5) is 5.13 Å². The number of hydrogen-bond donors (Lipinski definition) is 2. The molecule has 0 radical (unpaired) electrons. The van der Waals surface area contributed by atoms with Gasteiger partial charge in [-0.05, 0) is 18.6 Å². The highest BCUT2D eigenvalue weighted by molar-refractivity contribution is 7.17. The van der Waals surface area contributed by atoms with Crippen LogP contribution in [0.15, 0.2) is 30.2 Å². The number of anilines is 1. The second kappa shape index (κ2) is 7.86. The van der Waals surface area contributed by atoms with Crippen molar-refractivity contribution < 1.29 is 9.59 Å². The molecule has 0 fully saturated rings. The molecule has 0 saturated carbocycles. The van der Waals surface area contributed by atoms with Crippen molar-refractivity contribution in [2.24, 2.45) is 0 Å². The van der Waals surface area contributed by atoms with Gasteiger partial charge in [-0.1, -0.05) is 6.08 Å². The second-order valence-corrected chi connectivity index (χ2v) is 6.62. The SMILES string of the molecule is C=CCCC(=O)Nc1nc(-c2ccc(CNC(C)=O)s2)cs1. The molecule has 7 heteroatoms. The number of nitrogens with one attached hydrogen (secondary N) is 2. The monoisotopic (exact) mass is 335 g/mol. The summed E-state index contributed by atoms with van der Waals surface area (Å²) in [6.07, 6.45) is 2.79. The third-order valence-corrected chi connectivity index (χ3v) is 4.62. The Bertz CT molecular complexity index is 676. The molecule has 0 aliphatic carbocycles. The van der Waals surface area contributed by atoms with Crippen molar-refractivity contribution in [2.75, 3.05) is 5.32 Å². The molecular weight excluding hydrogens is 318 g/mol. The zero-order valence-electron chi connectivity index (χ0n) is 12.2. The maximum Gasteiger partial charge on any atom is 0.226 e. The average Bonchev–Trinajstić information content (AvgIpc) is 3.11. The summed E-state index contributed by atoms with van der Waals surface area (Å²) >= 11 is 2.98. The van der Waals surface area contributed by atoms with Gasteiger partial charge in [0.05, 0.1) is 17.1 Å². The van der Waals surface area contributed by atoms with Crippen LogP contribution < -0.4 is 10.6 Å². The van der Waals surface area contributed by atoms with Crippen molar-refractivity contribution in [3.8, 4) is 10.6 Å². The lowest BCUT2D eigenvalue weighted by molar-refractivity contribution is -0.119. The van der Waals surface area contributed by atoms with Crippen LogP contribution in [0.1, 0.15) is 24.6 Å². The van der Waals surface area contributed by atoms with E-state index in [2.05, 4.69) is 22.2 Å². The van der Waals surface area contributed by atoms with Crippen molar-refractivity contribution in [1.29, 1.82) is 0 Å². The Balaban J connectivity index is 1.97. The maximum absolute atomic E-state index is 11.6. The third-order valence-electron chi connectivity index (χ3n) is 2.75. The Labute approximate surface area is 137 Å². The molecule has 0 bridgehead atoms. The molecule has 0 aliphatic heterocycles. The molecule has 2 aromatic heterocycles. The predicted molar refractivity (Wildman–Crippen MR) is 91.0 cm³/mol.